The third-order valence-corrected chi connectivity index (χ3v) is 4.57. The lowest BCUT2D eigenvalue weighted by molar-refractivity contribution is 0.556. The fourth-order valence-corrected chi connectivity index (χ4v) is 3.24. The van der Waals surface area contributed by atoms with Crippen LogP contribution in [0.15, 0.2) is 40.6 Å². The highest BCUT2D eigenvalue weighted by molar-refractivity contribution is 7.99. The van der Waals surface area contributed by atoms with Gasteiger partial charge in [0.05, 0.1) is 0 Å². The summed E-state index contributed by atoms with van der Waals surface area (Å²) in [6.45, 7) is 2.33. The van der Waals surface area contributed by atoms with Crippen molar-refractivity contribution in [2.45, 2.75) is 42.3 Å². The monoisotopic (exact) mass is 274 g/mol. The van der Waals surface area contributed by atoms with Crippen LogP contribution in [0.5, 0.6) is 0 Å². The molecule has 4 nitrogen and oxygen atoms in total. The Balaban J connectivity index is 1.62. The smallest absolute Gasteiger partial charge is 0.188 e. The van der Waals surface area contributed by atoms with E-state index in [9.17, 15) is 0 Å². The van der Waals surface area contributed by atoms with Crippen LogP contribution in [0.2, 0.25) is 0 Å². The van der Waals surface area contributed by atoms with Crippen molar-refractivity contribution in [1.82, 2.24) is 15.2 Å². The number of aromatic nitrogens is 3. The summed E-state index contributed by atoms with van der Waals surface area (Å²) >= 11 is 1.59. The average molecular weight is 274 g/mol. The lowest BCUT2D eigenvalue weighted by Crippen LogP contribution is -2.21. The van der Waals surface area contributed by atoms with Gasteiger partial charge in [-0.05, 0) is 43.0 Å². The molecule has 2 unspecified atom stereocenters. The summed E-state index contributed by atoms with van der Waals surface area (Å²) in [5.74, 6) is 0.781. The summed E-state index contributed by atoms with van der Waals surface area (Å²) in [6, 6.07) is 9.16. The van der Waals surface area contributed by atoms with Crippen molar-refractivity contribution in [3.05, 3.63) is 30.6 Å². The zero-order chi connectivity index (χ0) is 13.1. The maximum atomic E-state index is 4.11. The number of hydrogen-bond acceptors (Lipinski definition) is 4. The van der Waals surface area contributed by atoms with E-state index in [0.717, 1.165) is 11.1 Å². The van der Waals surface area contributed by atoms with Crippen LogP contribution in [0.3, 0.4) is 0 Å². The molecule has 3 rings (SSSR count). The molecule has 0 radical (unpaired) electrons. The molecule has 100 valence electrons. The fraction of sp³-hybridized carbons (Fsp3) is 0.429. The maximum Gasteiger partial charge on any atom is 0.188 e. The lowest BCUT2D eigenvalue weighted by Gasteiger charge is -2.18. The van der Waals surface area contributed by atoms with Crippen LogP contribution in [-0.2, 0) is 0 Å². The van der Waals surface area contributed by atoms with Gasteiger partial charge in [0.2, 0.25) is 0 Å². The van der Waals surface area contributed by atoms with E-state index in [0.29, 0.717) is 6.04 Å². The Bertz CT molecular complexity index is 509. The molecule has 1 fully saturated rings. The molecule has 1 aliphatic rings. The molecule has 1 saturated carbocycles. The van der Waals surface area contributed by atoms with Crippen molar-refractivity contribution < 1.29 is 0 Å². The number of H-pyrrole nitrogens is 1. The van der Waals surface area contributed by atoms with Gasteiger partial charge >= 0.3 is 0 Å². The van der Waals surface area contributed by atoms with Gasteiger partial charge in [0.15, 0.2) is 5.16 Å². The number of nitrogens with zero attached hydrogens (tertiary/aromatic N) is 2. The number of hydrogen-bond donors (Lipinski definition) is 2. The number of aromatic amines is 1. The molecule has 5 heteroatoms. The van der Waals surface area contributed by atoms with Gasteiger partial charge in [0.1, 0.15) is 6.33 Å². The molecule has 2 aromatic rings. The standard InChI is InChI=1S/C14H18N4S/c1-10-3-2-4-13(10)17-11-5-7-12(8-6-11)19-14-15-9-16-18-14/h5-10,13,17H,2-4H2,1H3,(H,15,16,18). The van der Waals surface area contributed by atoms with E-state index in [2.05, 4.69) is 51.7 Å². The van der Waals surface area contributed by atoms with Gasteiger partial charge in [0.25, 0.3) is 0 Å². The van der Waals surface area contributed by atoms with Gasteiger partial charge in [-0.25, -0.2) is 4.98 Å². The second-order valence-electron chi connectivity index (χ2n) is 5.08. The van der Waals surface area contributed by atoms with Crippen LogP contribution in [-0.4, -0.2) is 21.2 Å². The first-order valence-electron chi connectivity index (χ1n) is 6.71. The van der Waals surface area contributed by atoms with Crippen molar-refractivity contribution in [3.63, 3.8) is 0 Å². The highest BCUT2D eigenvalue weighted by atomic mass is 32.2. The molecule has 1 aliphatic carbocycles. The summed E-state index contributed by atoms with van der Waals surface area (Å²) in [5.41, 5.74) is 1.21. The normalized spacial score (nSPS) is 22.6. The van der Waals surface area contributed by atoms with Crippen molar-refractivity contribution >= 4 is 17.4 Å². The SMILES string of the molecule is CC1CCCC1Nc1ccc(Sc2ncn[nH]2)cc1. The van der Waals surface area contributed by atoms with Crippen LogP contribution in [0.25, 0.3) is 0 Å². The molecule has 0 amide bonds. The molecule has 1 aromatic carbocycles. The third-order valence-electron chi connectivity index (χ3n) is 3.68. The number of anilines is 1. The van der Waals surface area contributed by atoms with E-state index in [1.807, 2.05) is 0 Å². The van der Waals surface area contributed by atoms with E-state index in [1.54, 1.807) is 11.8 Å². The molecular weight excluding hydrogens is 256 g/mol. The zero-order valence-electron chi connectivity index (χ0n) is 11.0. The average Bonchev–Trinajstić information content (AvgIpc) is 3.05. The van der Waals surface area contributed by atoms with E-state index >= 15 is 0 Å². The molecule has 0 spiro atoms. The Kier molecular flexibility index (Phi) is 3.73. The predicted octanol–water partition coefficient (Wildman–Crippen LogP) is 3.56. The van der Waals surface area contributed by atoms with Crippen LogP contribution in [0.1, 0.15) is 26.2 Å². The van der Waals surface area contributed by atoms with E-state index in [1.165, 1.54) is 36.2 Å². The Hall–Kier alpha value is -1.49. The van der Waals surface area contributed by atoms with Crippen molar-refractivity contribution in [2.75, 3.05) is 5.32 Å². The third kappa shape index (κ3) is 3.10. The fourth-order valence-electron chi connectivity index (χ4n) is 2.55. The summed E-state index contributed by atoms with van der Waals surface area (Å²) < 4.78 is 0. The van der Waals surface area contributed by atoms with E-state index < -0.39 is 0 Å². The molecule has 0 bridgehead atoms. The zero-order valence-corrected chi connectivity index (χ0v) is 11.8. The second-order valence-corrected chi connectivity index (χ2v) is 6.14. The van der Waals surface area contributed by atoms with Gasteiger partial charge in [-0.15, -0.1) is 0 Å². The van der Waals surface area contributed by atoms with Crippen molar-refractivity contribution in [1.29, 1.82) is 0 Å². The Morgan fingerprint density at radius 3 is 2.74 bits per heavy atom. The Morgan fingerprint density at radius 2 is 2.11 bits per heavy atom. The number of rotatable bonds is 4. The van der Waals surface area contributed by atoms with Gasteiger partial charge in [-0.3, -0.25) is 5.10 Å². The van der Waals surface area contributed by atoms with Gasteiger partial charge < -0.3 is 5.32 Å². The first-order chi connectivity index (χ1) is 9.31. The number of nitrogens with one attached hydrogen (secondary N) is 2. The van der Waals surface area contributed by atoms with Gasteiger partial charge in [-0.2, -0.15) is 5.10 Å². The van der Waals surface area contributed by atoms with Crippen molar-refractivity contribution in [2.24, 2.45) is 5.92 Å². The summed E-state index contributed by atoms with van der Waals surface area (Å²) in [5, 5.41) is 11.2. The summed E-state index contributed by atoms with van der Waals surface area (Å²) in [4.78, 5) is 5.28. The minimum Gasteiger partial charge on any atom is -0.382 e. The minimum absolute atomic E-state index is 0.632. The van der Waals surface area contributed by atoms with Crippen LogP contribution in [0.4, 0.5) is 5.69 Å². The van der Waals surface area contributed by atoms with Crippen molar-refractivity contribution in [3.8, 4) is 0 Å². The predicted molar refractivity (Wildman–Crippen MR) is 77.4 cm³/mol. The molecule has 2 atom stereocenters. The highest BCUT2D eigenvalue weighted by Crippen LogP contribution is 2.29. The van der Waals surface area contributed by atoms with Crippen LogP contribution >= 0.6 is 11.8 Å². The van der Waals surface area contributed by atoms with Crippen LogP contribution < -0.4 is 5.32 Å². The lowest BCUT2D eigenvalue weighted by atomic mass is 10.1. The van der Waals surface area contributed by atoms with Crippen LogP contribution in [0, 0.1) is 5.92 Å². The number of benzene rings is 1. The summed E-state index contributed by atoms with van der Waals surface area (Å²) in [7, 11) is 0. The quantitative estimate of drug-likeness (QED) is 0.895. The molecule has 19 heavy (non-hydrogen) atoms. The topological polar surface area (TPSA) is 53.6 Å². The van der Waals surface area contributed by atoms with E-state index in [-0.39, 0.29) is 0 Å². The first-order valence-corrected chi connectivity index (χ1v) is 7.53. The Morgan fingerprint density at radius 1 is 1.26 bits per heavy atom. The highest BCUT2D eigenvalue weighted by Gasteiger charge is 2.22. The summed E-state index contributed by atoms with van der Waals surface area (Å²) in [6.07, 6.45) is 5.50. The molecule has 1 heterocycles. The first kappa shape index (κ1) is 12.5. The molecular formula is C14H18N4S. The minimum atomic E-state index is 0.632. The molecule has 2 N–H and O–H groups in total. The van der Waals surface area contributed by atoms with Gasteiger partial charge in [-0.1, -0.05) is 25.1 Å². The molecule has 0 aliphatic heterocycles. The van der Waals surface area contributed by atoms with E-state index in [4.69, 9.17) is 0 Å². The maximum absolute atomic E-state index is 4.11. The van der Waals surface area contributed by atoms with Gasteiger partial charge in [0, 0.05) is 16.6 Å². The second kappa shape index (κ2) is 5.65. The molecule has 1 aromatic heterocycles. The largest absolute Gasteiger partial charge is 0.382 e. The Labute approximate surface area is 117 Å². The molecule has 0 saturated heterocycles.